The highest BCUT2D eigenvalue weighted by Crippen LogP contribution is 2.23. The second kappa shape index (κ2) is 5.81. The third-order valence-corrected chi connectivity index (χ3v) is 3.79. The van der Waals surface area contributed by atoms with Crippen molar-refractivity contribution in [2.45, 2.75) is 26.3 Å². The normalized spacial score (nSPS) is 13.3. The van der Waals surface area contributed by atoms with E-state index in [-0.39, 0.29) is 0 Å². The summed E-state index contributed by atoms with van der Waals surface area (Å²) in [6, 6.07) is -0.867. The third kappa shape index (κ3) is 4.07. The molecule has 1 aromatic heterocycles. The molecule has 0 bridgehead atoms. The number of nitrogens with zero attached hydrogens (tertiary/aromatic N) is 1. The zero-order chi connectivity index (χ0) is 13.9. The van der Waals surface area contributed by atoms with Crippen LogP contribution in [-0.2, 0) is 21.2 Å². The number of carbonyl (C=O) groups is 1. The van der Waals surface area contributed by atoms with Crippen molar-refractivity contribution >= 4 is 37.7 Å². The van der Waals surface area contributed by atoms with Gasteiger partial charge >= 0.3 is 0 Å². The molecule has 0 spiro atoms. The zero-order valence-electron chi connectivity index (χ0n) is 10.2. The smallest absolute Gasteiger partial charge is 0.243 e. The molecule has 1 atom stereocenters. The summed E-state index contributed by atoms with van der Waals surface area (Å²) in [6.45, 7) is 3.40. The summed E-state index contributed by atoms with van der Waals surface area (Å²) in [5.74, 6) is -0.130. The van der Waals surface area contributed by atoms with Crippen LogP contribution in [0.3, 0.4) is 0 Å². The Morgan fingerprint density at radius 3 is 2.61 bits per heavy atom. The van der Waals surface area contributed by atoms with Crippen molar-refractivity contribution in [2.75, 3.05) is 11.6 Å². The molecule has 102 valence electrons. The fourth-order valence-electron chi connectivity index (χ4n) is 1.28. The van der Waals surface area contributed by atoms with Gasteiger partial charge in [-0.3, -0.25) is 9.89 Å². The second-order valence-corrected chi connectivity index (χ2v) is 6.39. The van der Waals surface area contributed by atoms with Crippen LogP contribution in [0.1, 0.15) is 19.5 Å². The van der Waals surface area contributed by atoms with E-state index >= 15 is 0 Å². The molecular weight excluding hydrogens is 324 g/mol. The predicted octanol–water partition coefficient (Wildman–Crippen LogP) is 0.611. The van der Waals surface area contributed by atoms with Gasteiger partial charge in [0.05, 0.1) is 22.5 Å². The molecule has 1 heterocycles. The SMILES string of the molecule is CCc1[nH]nc(NC(=O)C(C)NS(C)(=O)=O)c1Br. The van der Waals surface area contributed by atoms with Gasteiger partial charge in [0.15, 0.2) is 5.82 Å². The number of hydrogen-bond acceptors (Lipinski definition) is 4. The van der Waals surface area contributed by atoms with Crippen LogP contribution in [-0.4, -0.2) is 36.8 Å². The lowest BCUT2D eigenvalue weighted by molar-refractivity contribution is -0.117. The Balaban J connectivity index is 2.72. The van der Waals surface area contributed by atoms with Gasteiger partial charge in [0, 0.05) is 0 Å². The van der Waals surface area contributed by atoms with E-state index in [4.69, 9.17) is 0 Å². The van der Waals surface area contributed by atoms with Gasteiger partial charge in [0.1, 0.15) is 0 Å². The fraction of sp³-hybridized carbons (Fsp3) is 0.556. The highest BCUT2D eigenvalue weighted by atomic mass is 79.9. The van der Waals surface area contributed by atoms with Crippen LogP contribution in [0, 0.1) is 0 Å². The molecule has 0 saturated heterocycles. The first-order valence-corrected chi connectivity index (χ1v) is 7.94. The molecule has 1 aromatic rings. The van der Waals surface area contributed by atoms with Gasteiger partial charge in [-0.1, -0.05) is 6.92 Å². The van der Waals surface area contributed by atoms with Crippen LogP contribution in [0.15, 0.2) is 4.47 Å². The molecule has 0 saturated carbocycles. The van der Waals surface area contributed by atoms with E-state index in [1.165, 1.54) is 6.92 Å². The van der Waals surface area contributed by atoms with Gasteiger partial charge in [-0.25, -0.2) is 13.1 Å². The molecular formula is C9H15BrN4O3S. The number of carbonyl (C=O) groups excluding carboxylic acids is 1. The molecule has 1 amide bonds. The third-order valence-electron chi connectivity index (χ3n) is 2.15. The minimum absolute atomic E-state index is 0.346. The van der Waals surface area contributed by atoms with Crippen LogP contribution in [0.25, 0.3) is 0 Å². The molecule has 1 unspecified atom stereocenters. The second-order valence-electron chi connectivity index (χ2n) is 3.82. The number of rotatable bonds is 5. The van der Waals surface area contributed by atoms with Crippen molar-refractivity contribution < 1.29 is 13.2 Å². The van der Waals surface area contributed by atoms with E-state index in [0.29, 0.717) is 10.3 Å². The summed E-state index contributed by atoms with van der Waals surface area (Å²) >= 11 is 3.30. The monoisotopic (exact) mass is 338 g/mol. The van der Waals surface area contributed by atoms with E-state index in [1.54, 1.807) is 0 Å². The number of aromatic amines is 1. The molecule has 3 N–H and O–H groups in total. The highest BCUT2D eigenvalue weighted by molar-refractivity contribution is 9.10. The summed E-state index contributed by atoms with van der Waals surface area (Å²) in [4.78, 5) is 11.7. The average molecular weight is 339 g/mol. The maximum absolute atomic E-state index is 11.7. The number of H-pyrrole nitrogens is 1. The Morgan fingerprint density at radius 2 is 2.17 bits per heavy atom. The Bertz CT molecular complexity index is 540. The van der Waals surface area contributed by atoms with Gasteiger partial charge in [0.2, 0.25) is 15.9 Å². The van der Waals surface area contributed by atoms with Crippen LogP contribution in [0.2, 0.25) is 0 Å². The average Bonchev–Trinajstić information content (AvgIpc) is 2.57. The van der Waals surface area contributed by atoms with Crippen LogP contribution >= 0.6 is 15.9 Å². The van der Waals surface area contributed by atoms with E-state index in [1.807, 2.05) is 6.92 Å². The molecule has 7 nitrogen and oxygen atoms in total. The van der Waals surface area contributed by atoms with E-state index in [9.17, 15) is 13.2 Å². The Hall–Kier alpha value is -0.930. The molecule has 0 aliphatic carbocycles. The standard InChI is InChI=1S/C9H15BrN4O3S/c1-4-6-7(10)8(13-12-6)11-9(15)5(2)14-18(3,16)17/h5,14H,4H2,1-3H3,(H2,11,12,13,15). The van der Waals surface area contributed by atoms with Crippen molar-refractivity contribution in [3.63, 3.8) is 0 Å². The van der Waals surface area contributed by atoms with Crippen LogP contribution < -0.4 is 10.0 Å². The Labute approximate surface area is 114 Å². The van der Waals surface area contributed by atoms with Crippen LogP contribution in [0.4, 0.5) is 5.82 Å². The van der Waals surface area contributed by atoms with E-state index < -0.39 is 22.0 Å². The number of sulfonamides is 1. The first kappa shape index (κ1) is 15.1. The van der Waals surface area contributed by atoms with Gasteiger partial charge < -0.3 is 5.32 Å². The molecule has 0 fully saturated rings. The maximum atomic E-state index is 11.7. The maximum Gasteiger partial charge on any atom is 0.243 e. The summed E-state index contributed by atoms with van der Waals surface area (Å²) < 4.78 is 24.8. The molecule has 0 aliphatic heterocycles. The zero-order valence-corrected chi connectivity index (χ0v) is 12.6. The fourth-order valence-corrected chi connectivity index (χ4v) is 2.59. The van der Waals surface area contributed by atoms with Crippen LogP contribution in [0.5, 0.6) is 0 Å². The first-order chi connectivity index (χ1) is 8.24. The molecule has 1 rings (SSSR count). The van der Waals surface area contributed by atoms with Gasteiger partial charge in [-0.15, -0.1) is 0 Å². The minimum atomic E-state index is -3.42. The molecule has 0 aliphatic rings. The Morgan fingerprint density at radius 1 is 1.56 bits per heavy atom. The molecule has 18 heavy (non-hydrogen) atoms. The minimum Gasteiger partial charge on any atom is -0.307 e. The topological polar surface area (TPSA) is 104 Å². The van der Waals surface area contributed by atoms with E-state index in [0.717, 1.165) is 18.4 Å². The summed E-state index contributed by atoms with van der Waals surface area (Å²) in [5.41, 5.74) is 0.856. The Kier molecular flexibility index (Phi) is 4.88. The van der Waals surface area contributed by atoms with Crippen molar-refractivity contribution in [1.82, 2.24) is 14.9 Å². The first-order valence-electron chi connectivity index (χ1n) is 5.25. The van der Waals surface area contributed by atoms with Crippen molar-refractivity contribution in [3.05, 3.63) is 10.2 Å². The van der Waals surface area contributed by atoms with Crippen molar-refractivity contribution in [3.8, 4) is 0 Å². The molecule has 0 radical (unpaired) electrons. The van der Waals surface area contributed by atoms with Gasteiger partial charge in [-0.05, 0) is 29.3 Å². The lowest BCUT2D eigenvalue weighted by Crippen LogP contribution is -2.41. The summed E-state index contributed by atoms with van der Waals surface area (Å²) in [6.07, 6.45) is 1.73. The summed E-state index contributed by atoms with van der Waals surface area (Å²) in [5, 5.41) is 9.22. The number of anilines is 1. The number of hydrogen-bond donors (Lipinski definition) is 3. The quantitative estimate of drug-likeness (QED) is 0.731. The number of halogens is 1. The highest BCUT2D eigenvalue weighted by Gasteiger charge is 2.19. The number of amides is 1. The number of aromatic nitrogens is 2. The number of nitrogens with one attached hydrogen (secondary N) is 3. The lowest BCUT2D eigenvalue weighted by atomic mass is 10.3. The van der Waals surface area contributed by atoms with Gasteiger partial charge in [0.25, 0.3) is 0 Å². The van der Waals surface area contributed by atoms with Crippen molar-refractivity contribution in [1.29, 1.82) is 0 Å². The summed E-state index contributed by atoms with van der Waals surface area (Å²) in [7, 11) is -3.42. The molecule has 9 heteroatoms. The van der Waals surface area contributed by atoms with Gasteiger partial charge in [-0.2, -0.15) is 5.10 Å². The molecule has 0 aromatic carbocycles. The number of aryl methyl sites for hydroxylation is 1. The lowest BCUT2D eigenvalue weighted by Gasteiger charge is -2.11. The van der Waals surface area contributed by atoms with Crippen molar-refractivity contribution in [2.24, 2.45) is 0 Å². The largest absolute Gasteiger partial charge is 0.307 e. The predicted molar refractivity (Wildman–Crippen MR) is 71.7 cm³/mol. The van der Waals surface area contributed by atoms with E-state index in [2.05, 4.69) is 36.2 Å².